The van der Waals surface area contributed by atoms with Gasteiger partial charge in [0.2, 0.25) is 35.4 Å². The minimum absolute atomic E-state index is 0.0342. The number of aliphatic hydroxyl groups is 2. The van der Waals surface area contributed by atoms with Gasteiger partial charge in [-0.3, -0.25) is 28.8 Å². The maximum absolute atomic E-state index is 12.9. The number of hydrogen-bond donors (Lipinski definition) is 6. The second-order valence-corrected chi connectivity index (χ2v) is 14.6. The van der Waals surface area contributed by atoms with E-state index < -0.39 is 97.5 Å². The second-order valence-electron chi connectivity index (χ2n) is 14.6. The van der Waals surface area contributed by atoms with Crippen LogP contribution >= 0.6 is 0 Å². The monoisotopic (exact) mass is 825 g/mol. The molecule has 1 saturated heterocycles. The Bertz CT molecular complexity index is 1870. The predicted molar refractivity (Wildman–Crippen MR) is 207 cm³/mol. The Hall–Kier alpha value is -6.12. The number of fused-ring (bicyclic) bond motifs is 3. The minimum atomic E-state index is -1.52. The number of carboxylic acid groups (broad SMARTS) is 1. The van der Waals surface area contributed by atoms with Crippen molar-refractivity contribution in [2.24, 2.45) is 5.73 Å². The number of carbonyl (C=O) groups is 8. The highest BCUT2D eigenvalue weighted by atomic mass is 16.6. The standard InChI is InChI=1S/C39H51N7O13/c1-43(17-30(40)47)33(50)19-45(3)35(52)20-46(4)34(51)18-44(2)32(49)15-28-36(53)37(54)29(59-28)16-41-31(48)14-13-27(38(55)56)42-39(57)58-21-26-24-11-7-5-9-22(24)23-10-6-8-12-25(23)26/h5-12,26-29,36-37,53-54H,13-21H2,1-4H3,(H2,40,47)(H,41,48)(H,42,57)(H,55,56)/t27-,28-,29+,36-,37+/m0/s1. The number of rotatable bonds is 19. The van der Waals surface area contributed by atoms with Gasteiger partial charge < -0.3 is 60.8 Å². The molecule has 0 spiro atoms. The van der Waals surface area contributed by atoms with Crippen molar-refractivity contribution in [2.75, 3.05) is 67.5 Å². The van der Waals surface area contributed by atoms with Crippen LogP contribution < -0.4 is 16.4 Å². The number of aliphatic hydroxyl groups excluding tert-OH is 2. The fourth-order valence-electron chi connectivity index (χ4n) is 6.67. The first kappa shape index (κ1) is 45.6. The lowest BCUT2D eigenvalue weighted by Gasteiger charge is -2.25. The van der Waals surface area contributed by atoms with Gasteiger partial charge >= 0.3 is 12.1 Å². The Morgan fingerprint density at radius 1 is 0.729 bits per heavy atom. The van der Waals surface area contributed by atoms with Crippen LogP contribution in [0.2, 0.25) is 0 Å². The number of likely N-dealkylation sites (N-methyl/N-ethyl adjacent to an activating group) is 4. The van der Waals surface area contributed by atoms with Crippen molar-refractivity contribution in [1.29, 1.82) is 0 Å². The summed E-state index contributed by atoms with van der Waals surface area (Å²) in [5.74, 6) is -5.36. The lowest BCUT2D eigenvalue weighted by molar-refractivity contribution is -0.144. The number of hydrogen-bond acceptors (Lipinski definition) is 12. The maximum atomic E-state index is 12.9. The van der Waals surface area contributed by atoms with E-state index in [0.717, 1.165) is 41.9 Å². The molecule has 2 aliphatic rings. The van der Waals surface area contributed by atoms with Crippen molar-refractivity contribution in [3.8, 4) is 11.1 Å². The molecule has 1 aliphatic carbocycles. The summed E-state index contributed by atoms with van der Waals surface area (Å²) in [5, 5.41) is 35.6. The molecule has 0 saturated carbocycles. The molecule has 7 amide bonds. The summed E-state index contributed by atoms with van der Waals surface area (Å²) in [4.78, 5) is 103. The highest BCUT2D eigenvalue weighted by Crippen LogP contribution is 2.44. The number of nitrogens with one attached hydrogen (secondary N) is 2. The van der Waals surface area contributed by atoms with Gasteiger partial charge in [0.1, 0.15) is 31.0 Å². The number of nitrogens with zero attached hydrogens (tertiary/aromatic N) is 4. The van der Waals surface area contributed by atoms with Gasteiger partial charge in [-0.05, 0) is 28.7 Å². The van der Waals surface area contributed by atoms with Gasteiger partial charge in [0.15, 0.2) is 0 Å². The zero-order valence-electron chi connectivity index (χ0n) is 33.2. The van der Waals surface area contributed by atoms with E-state index in [1.54, 1.807) is 0 Å². The Balaban J connectivity index is 1.17. The fraction of sp³-hybridized carbons (Fsp3) is 0.487. The van der Waals surface area contributed by atoms with E-state index in [0.29, 0.717) is 0 Å². The van der Waals surface area contributed by atoms with Gasteiger partial charge in [0.05, 0.1) is 38.7 Å². The molecule has 0 radical (unpaired) electrons. The second kappa shape index (κ2) is 20.5. The van der Waals surface area contributed by atoms with Crippen LogP contribution in [0, 0.1) is 0 Å². The summed E-state index contributed by atoms with van der Waals surface area (Å²) in [7, 11) is 5.34. The topological polar surface area (TPSA) is 279 Å². The van der Waals surface area contributed by atoms with Crippen LogP contribution in [0.3, 0.4) is 0 Å². The molecule has 1 aliphatic heterocycles. The van der Waals surface area contributed by atoms with E-state index in [4.69, 9.17) is 15.2 Å². The highest BCUT2D eigenvalue weighted by molar-refractivity contribution is 5.91. The van der Waals surface area contributed by atoms with Crippen LogP contribution in [-0.4, -0.2) is 180 Å². The summed E-state index contributed by atoms with van der Waals surface area (Å²) in [5.41, 5.74) is 9.10. The molecule has 20 nitrogen and oxygen atoms in total. The Kier molecular flexibility index (Phi) is 15.9. The van der Waals surface area contributed by atoms with E-state index in [2.05, 4.69) is 10.6 Å². The van der Waals surface area contributed by atoms with Gasteiger partial charge in [0.25, 0.3) is 0 Å². The number of nitrogens with two attached hydrogens (primary N) is 1. The van der Waals surface area contributed by atoms with E-state index in [9.17, 15) is 53.7 Å². The summed E-state index contributed by atoms with van der Waals surface area (Å²) in [6.45, 7) is -1.89. The number of benzene rings is 2. The Morgan fingerprint density at radius 2 is 1.20 bits per heavy atom. The summed E-state index contributed by atoms with van der Waals surface area (Å²) in [6.07, 6.45) is -7.40. The van der Waals surface area contributed by atoms with Crippen LogP contribution in [0.15, 0.2) is 48.5 Å². The summed E-state index contributed by atoms with van der Waals surface area (Å²) >= 11 is 0. The molecule has 2 aromatic carbocycles. The van der Waals surface area contributed by atoms with Gasteiger partial charge in [-0.1, -0.05) is 48.5 Å². The van der Waals surface area contributed by atoms with Crippen molar-refractivity contribution in [2.45, 2.75) is 55.6 Å². The third-order valence-electron chi connectivity index (χ3n) is 10.1. The van der Waals surface area contributed by atoms with Crippen molar-refractivity contribution in [3.05, 3.63) is 59.7 Å². The van der Waals surface area contributed by atoms with E-state index in [-0.39, 0.29) is 45.0 Å². The first-order chi connectivity index (χ1) is 27.9. The lowest BCUT2D eigenvalue weighted by Crippen LogP contribution is -2.47. The lowest BCUT2D eigenvalue weighted by atomic mass is 9.98. The normalized spacial score (nSPS) is 18.4. The molecule has 20 heteroatoms. The van der Waals surface area contributed by atoms with E-state index >= 15 is 0 Å². The van der Waals surface area contributed by atoms with Crippen molar-refractivity contribution in [1.82, 2.24) is 30.2 Å². The number of carboxylic acids is 1. The molecule has 1 fully saturated rings. The third-order valence-corrected chi connectivity index (χ3v) is 10.1. The number of aliphatic carboxylic acids is 1. The first-order valence-electron chi connectivity index (χ1n) is 18.7. The number of ether oxygens (including phenoxy) is 2. The molecule has 5 atom stereocenters. The molecule has 320 valence electrons. The molecule has 0 aromatic heterocycles. The average molecular weight is 826 g/mol. The highest BCUT2D eigenvalue weighted by Gasteiger charge is 2.44. The molecule has 2 aromatic rings. The predicted octanol–water partition coefficient (Wildman–Crippen LogP) is -1.93. The smallest absolute Gasteiger partial charge is 0.407 e. The van der Waals surface area contributed by atoms with Crippen molar-refractivity contribution in [3.63, 3.8) is 0 Å². The minimum Gasteiger partial charge on any atom is -0.480 e. The number of alkyl carbamates (subject to hydrolysis) is 1. The molecule has 1 heterocycles. The average Bonchev–Trinajstić information content (AvgIpc) is 3.65. The Morgan fingerprint density at radius 3 is 1.71 bits per heavy atom. The maximum Gasteiger partial charge on any atom is 0.407 e. The van der Waals surface area contributed by atoms with Gasteiger partial charge in [-0.15, -0.1) is 0 Å². The summed E-state index contributed by atoms with van der Waals surface area (Å²) < 4.78 is 11.1. The third kappa shape index (κ3) is 12.2. The van der Waals surface area contributed by atoms with Crippen molar-refractivity contribution >= 4 is 47.5 Å². The number of primary amides is 1. The zero-order valence-corrected chi connectivity index (χ0v) is 33.2. The van der Waals surface area contributed by atoms with Gasteiger partial charge in [-0.25, -0.2) is 9.59 Å². The summed E-state index contributed by atoms with van der Waals surface area (Å²) in [6, 6.07) is 14.0. The number of amides is 7. The van der Waals surface area contributed by atoms with Crippen LogP contribution in [0.5, 0.6) is 0 Å². The van der Waals surface area contributed by atoms with Gasteiger partial charge in [0, 0.05) is 47.1 Å². The Labute approximate surface area is 340 Å². The van der Waals surface area contributed by atoms with Crippen LogP contribution in [0.4, 0.5) is 4.79 Å². The SMILES string of the molecule is CN(CC(N)=O)C(=O)CN(C)C(=O)CN(C)C(=O)CN(C)C(=O)C[C@@H]1O[C@H](CNC(=O)CC[C@H](NC(=O)OCC2c3ccccc3-c3ccccc32)C(=O)O)[C@@H](O)[C@H]1O. The number of carbonyl (C=O) groups excluding carboxylic acids is 7. The molecule has 4 rings (SSSR count). The molecule has 0 unspecified atom stereocenters. The first-order valence-corrected chi connectivity index (χ1v) is 18.7. The molecule has 7 N–H and O–H groups in total. The van der Waals surface area contributed by atoms with Crippen LogP contribution in [-0.2, 0) is 43.0 Å². The van der Waals surface area contributed by atoms with Gasteiger partial charge in [-0.2, -0.15) is 0 Å². The largest absolute Gasteiger partial charge is 0.480 e. The van der Waals surface area contributed by atoms with Crippen LogP contribution in [0.1, 0.15) is 36.3 Å². The molecule has 59 heavy (non-hydrogen) atoms. The van der Waals surface area contributed by atoms with Crippen molar-refractivity contribution < 1.29 is 63.1 Å². The van der Waals surface area contributed by atoms with E-state index in [1.807, 2.05) is 48.5 Å². The molecule has 0 bridgehead atoms. The van der Waals surface area contributed by atoms with Crippen LogP contribution in [0.25, 0.3) is 11.1 Å². The van der Waals surface area contributed by atoms with E-state index in [1.165, 1.54) is 28.2 Å². The molecular weight excluding hydrogens is 774 g/mol. The zero-order chi connectivity index (χ0) is 43.6. The quantitative estimate of drug-likeness (QED) is 0.0902. The fourth-order valence-corrected chi connectivity index (χ4v) is 6.67. The molecular formula is C39H51N7O13.